The molecule has 0 N–H and O–H groups in total. The van der Waals surface area contributed by atoms with Gasteiger partial charge in [0, 0.05) is 12.5 Å². The molecule has 1 aromatic carbocycles. The van der Waals surface area contributed by atoms with Crippen LogP contribution in [-0.2, 0) is 4.74 Å². The fraction of sp³-hybridized carbons (Fsp3) is 0.538. The summed E-state index contributed by atoms with van der Waals surface area (Å²) >= 11 is 0. The lowest BCUT2D eigenvalue weighted by atomic mass is 9.91. The van der Waals surface area contributed by atoms with Crippen molar-refractivity contribution in [2.45, 2.75) is 31.8 Å². The molecule has 2 atom stereocenters. The van der Waals surface area contributed by atoms with Crippen molar-refractivity contribution in [3.05, 3.63) is 29.8 Å². The van der Waals surface area contributed by atoms with E-state index in [0.29, 0.717) is 12.0 Å². The molecule has 0 spiro atoms. The Morgan fingerprint density at radius 1 is 1.33 bits per heavy atom. The van der Waals surface area contributed by atoms with Crippen LogP contribution in [0.3, 0.4) is 0 Å². The number of hydrogen-bond acceptors (Lipinski definition) is 2. The Hall–Kier alpha value is -1.02. The maximum Gasteiger partial charge on any atom is 0.118 e. The molecule has 2 rings (SSSR count). The molecule has 0 amide bonds. The van der Waals surface area contributed by atoms with E-state index in [0.717, 1.165) is 25.2 Å². The zero-order valence-corrected chi connectivity index (χ0v) is 9.40. The second-order valence-electron chi connectivity index (χ2n) is 3.99. The highest BCUT2D eigenvalue weighted by atomic mass is 16.5. The minimum atomic E-state index is 0.401. The van der Waals surface area contributed by atoms with Crippen LogP contribution in [0.4, 0.5) is 0 Å². The third kappa shape index (κ3) is 2.15. The summed E-state index contributed by atoms with van der Waals surface area (Å²) in [4.78, 5) is 0. The van der Waals surface area contributed by atoms with Gasteiger partial charge in [0.2, 0.25) is 0 Å². The van der Waals surface area contributed by atoms with E-state index in [4.69, 9.17) is 9.47 Å². The molecule has 0 radical (unpaired) electrons. The molecule has 0 aliphatic carbocycles. The lowest BCUT2D eigenvalue weighted by Gasteiger charge is -2.17. The number of ether oxygens (including phenoxy) is 2. The highest BCUT2D eigenvalue weighted by molar-refractivity contribution is 5.30. The Morgan fingerprint density at radius 3 is 2.67 bits per heavy atom. The van der Waals surface area contributed by atoms with Gasteiger partial charge in [0.25, 0.3) is 0 Å². The molecular formula is C13H18O2. The molecule has 1 aliphatic heterocycles. The molecule has 1 aromatic rings. The minimum Gasteiger partial charge on any atom is -0.497 e. The molecule has 15 heavy (non-hydrogen) atoms. The van der Waals surface area contributed by atoms with Crippen LogP contribution < -0.4 is 4.74 Å². The number of hydrogen-bond donors (Lipinski definition) is 0. The molecule has 1 heterocycles. The van der Waals surface area contributed by atoms with Crippen molar-refractivity contribution in [2.24, 2.45) is 0 Å². The van der Waals surface area contributed by atoms with Crippen molar-refractivity contribution < 1.29 is 9.47 Å². The zero-order valence-electron chi connectivity index (χ0n) is 9.40. The average Bonchev–Trinajstić information content (AvgIpc) is 2.77. The van der Waals surface area contributed by atoms with Crippen molar-refractivity contribution in [1.29, 1.82) is 0 Å². The number of benzene rings is 1. The lowest BCUT2D eigenvalue weighted by molar-refractivity contribution is 0.101. The molecule has 82 valence electrons. The summed E-state index contributed by atoms with van der Waals surface area (Å²) in [5.74, 6) is 1.49. The first-order chi connectivity index (χ1) is 7.35. The Labute approximate surface area is 91.2 Å². The molecule has 2 nitrogen and oxygen atoms in total. The summed E-state index contributed by atoms with van der Waals surface area (Å²) in [5, 5.41) is 0. The van der Waals surface area contributed by atoms with Crippen molar-refractivity contribution in [2.75, 3.05) is 13.7 Å². The zero-order chi connectivity index (χ0) is 10.7. The largest absolute Gasteiger partial charge is 0.497 e. The van der Waals surface area contributed by atoms with Crippen LogP contribution in [-0.4, -0.2) is 19.8 Å². The minimum absolute atomic E-state index is 0.401. The van der Waals surface area contributed by atoms with E-state index < -0.39 is 0 Å². The third-order valence-corrected chi connectivity index (χ3v) is 3.16. The second kappa shape index (κ2) is 4.67. The molecule has 1 saturated heterocycles. The van der Waals surface area contributed by atoms with Gasteiger partial charge in [0.05, 0.1) is 13.2 Å². The lowest BCUT2D eigenvalue weighted by Crippen LogP contribution is -2.12. The summed E-state index contributed by atoms with van der Waals surface area (Å²) < 4.78 is 10.8. The fourth-order valence-corrected chi connectivity index (χ4v) is 2.28. The van der Waals surface area contributed by atoms with Crippen LogP contribution in [0.5, 0.6) is 5.75 Å². The second-order valence-corrected chi connectivity index (χ2v) is 3.99. The van der Waals surface area contributed by atoms with E-state index in [9.17, 15) is 0 Å². The van der Waals surface area contributed by atoms with Crippen LogP contribution in [0.1, 0.15) is 31.2 Å². The van der Waals surface area contributed by atoms with Crippen molar-refractivity contribution >= 4 is 0 Å². The third-order valence-electron chi connectivity index (χ3n) is 3.16. The Bertz CT molecular complexity index is 305. The van der Waals surface area contributed by atoms with Gasteiger partial charge in [0.1, 0.15) is 5.75 Å². The summed E-state index contributed by atoms with van der Waals surface area (Å²) in [5.41, 5.74) is 1.38. The van der Waals surface area contributed by atoms with Gasteiger partial charge in [-0.3, -0.25) is 0 Å². The van der Waals surface area contributed by atoms with Crippen molar-refractivity contribution in [3.8, 4) is 5.75 Å². The van der Waals surface area contributed by atoms with Gasteiger partial charge in [-0.05, 0) is 30.5 Å². The number of rotatable bonds is 3. The summed E-state index contributed by atoms with van der Waals surface area (Å²) in [7, 11) is 1.70. The van der Waals surface area contributed by atoms with Gasteiger partial charge in [-0.1, -0.05) is 19.1 Å². The van der Waals surface area contributed by atoms with E-state index in [1.165, 1.54) is 5.56 Å². The van der Waals surface area contributed by atoms with E-state index >= 15 is 0 Å². The van der Waals surface area contributed by atoms with Crippen LogP contribution in [0, 0.1) is 0 Å². The Balaban J connectivity index is 2.14. The molecule has 0 saturated carbocycles. The van der Waals surface area contributed by atoms with Crippen LogP contribution in [0.2, 0.25) is 0 Å². The quantitative estimate of drug-likeness (QED) is 0.757. The van der Waals surface area contributed by atoms with Gasteiger partial charge >= 0.3 is 0 Å². The monoisotopic (exact) mass is 206 g/mol. The van der Waals surface area contributed by atoms with Crippen molar-refractivity contribution in [3.63, 3.8) is 0 Å². The average molecular weight is 206 g/mol. The standard InChI is InChI=1S/C13H18O2/c1-3-13-12(8-9-15-13)10-4-6-11(14-2)7-5-10/h4-7,12-13H,3,8-9H2,1-2H3/t12-,13-/m1/s1. The SMILES string of the molecule is CC[C@H]1OCC[C@@H]1c1ccc(OC)cc1. The van der Waals surface area contributed by atoms with Crippen molar-refractivity contribution in [1.82, 2.24) is 0 Å². The predicted octanol–water partition coefficient (Wildman–Crippen LogP) is 2.98. The predicted molar refractivity (Wildman–Crippen MR) is 60.4 cm³/mol. The normalized spacial score (nSPS) is 25.5. The Morgan fingerprint density at radius 2 is 2.07 bits per heavy atom. The first-order valence-electron chi connectivity index (χ1n) is 5.60. The van der Waals surface area contributed by atoms with E-state index in [2.05, 4.69) is 19.1 Å². The van der Waals surface area contributed by atoms with Gasteiger partial charge in [-0.15, -0.1) is 0 Å². The molecule has 0 aromatic heterocycles. The van der Waals surface area contributed by atoms with E-state index in [-0.39, 0.29) is 0 Å². The van der Waals surface area contributed by atoms with Gasteiger partial charge in [0.15, 0.2) is 0 Å². The van der Waals surface area contributed by atoms with Gasteiger partial charge in [-0.2, -0.15) is 0 Å². The van der Waals surface area contributed by atoms with Crippen LogP contribution in [0.15, 0.2) is 24.3 Å². The highest BCUT2D eigenvalue weighted by Crippen LogP contribution is 2.33. The van der Waals surface area contributed by atoms with E-state index in [1.807, 2.05) is 12.1 Å². The maximum absolute atomic E-state index is 5.69. The molecule has 0 bridgehead atoms. The first-order valence-corrected chi connectivity index (χ1v) is 5.60. The first kappa shape index (κ1) is 10.5. The number of methoxy groups -OCH3 is 1. The smallest absolute Gasteiger partial charge is 0.118 e. The molecule has 0 unspecified atom stereocenters. The van der Waals surface area contributed by atoms with Gasteiger partial charge in [-0.25, -0.2) is 0 Å². The topological polar surface area (TPSA) is 18.5 Å². The fourth-order valence-electron chi connectivity index (χ4n) is 2.28. The Kier molecular flexibility index (Phi) is 3.27. The maximum atomic E-state index is 5.69. The van der Waals surface area contributed by atoms with Crippen LogP contribution in [0.25, 0.3) is 0 Å². The molecular weight excluding hydrogens is 188 g/mol. The summed E-state index contributed by atoms with van der Waals surface area (Å²) in [6.45, 7) is 3.09. The summed E-state index contributed by atoms with van der Waals surface area (Å²) in [6, 6.07) is 8.36. The molecule has 2 heteroatoms. The van der Waals surface area contributed by atoms with E-state index in [1.54, 1.807) is 7.11 Å². The molecule has 1 fully saturated rings. The molecule has 1 aliphatic rings. The highest BCUT2D eigenvalue weighted by Gasteiger charge is 2.27. The van der Waals surface area contributed by atoms with Crippen LogP contribution >= 0.6 is 0 Å². The van der Waals surface area contributed by atoms with Gasteiger partial charge < -0.3 is 9.47 Å². The summed E-state index contributed by atoms with van der Waals surface area (Å²) in [6.07, 6.45) is 2.64.